The highest BCUT2D eigenvalue weighted by Crippen LogP contribution is 2.20. The molecular formula is C9H8FN5O2S. The number of anilines is 2. The number of hydrogen-bond acceptors (Lipinski definition) is 6. The van der Waals surface area contributed by atoms with Crippen molar-refractivity contribution in [1.29, 1.82) is 0 Å². The lowest BCUT2D eigenvalue weighted by Crippen LogP contribution is -2.17. The lowest BCUT2D eigenvalue weighted by Gasteiger charge is -2.08. The van der Waals surface area contributed by atoms with Gasteiger partial charge >= 0.3 is 0 Å². The van der Waals surface area contributed by atoms with Gasteiger partial charge in [-0.15, -0.1) is 5.10 Å². The summed E-state index contributed by atoms with van der Waals surface area (Å²) in [4.78, 5) is 3.26. The van der Waals surface area contributed by atoms with Crippen LogP contribution in [0.3, 0.4) is 0 Å². The second-order valence-corrected chi connectivity index (χ2v) is 4.90. The Kier molecular flexibility index (Phi) is 3.06. The molecule has 0 aliphatic carbocycles. The van der Waals surface area contributed by atoms with E-state index in [4.69, 9.17) is 5.73 Å². The summed E-state index contributed by atoms with van der Waals surface area (Å²) >= 11 is 0. The Balaban J connectivity index is 2.40. The van der Waals surface area contributed by atoms with Crippen molar-refractivity contribution in [2.24, 2.45) is 0 Å². The molecule has 1 heterocycles. The van der Waals surface area contributed by atoms with Crippen LogP contribution in [0, 0.1) is 5.82 Å². The standard InChI is InChI=1S/C9H8FN5O2S/c10-6-1-2-7(11)8(5-6)18(16,17)15-9-12-3-4-13-14-9/h1-5H,11H2,(H,12,14,15). The minimum atomic E-state index is -4.05. The second kappa shape index (κ2) is 4.53. The van der Waals surface area contributed by atoms with Crippen LogP contribution in [0.2, 0.25) is 0 Å². The number of sulfonamides is 1. The highest BCUT2D eigenvalue weighted by molar-refractivity contribution is 7.92. The van der Waals surface area contributed by atoms with Gasteiger partial charge in [-0.25, -0.2) is 22.5 Å². The Morgan fingerprint density at radius 1 is 1.28 bits per heavy atom. The minimum Gasteiger partial charge on any atom is -0.398 e. The molecule has 9 heteroatoms. The maximum atomic E-state index is 13.0. The molecule has 0 aliphatic heterocycles. The van der Waals surface area contributed by atoms with Gasteiger partial charge in [0.1, 0.15) is 10.7 Å². The molecule has 2 rings (SSSR count). The van der Waals surface area contributed by atoms with E-state index >= 15 is 0 Å². The summed E-state index contributed by atoms with van der Waals surface area (Å²) in [7, 11) is -4.05. The van der Waals surface area contributed by atoms with Gasteiger partial charge in [0, 0.05) is 0 Å². The van der Waals surface area contributed by atoms with Crippen LogP contribution in [0.4, 0.5) is 16.0 Å². The normalized spacial score (nSPS) is 11.2. The molecule has 94 valence electrons. The maximum Gasteiger partial charge on any atom is 0.266 e. The van der Waals surface area contributed by atoms with Crippen LogP contribution in [0.5, 0.6) is 0 Å². The third kappa shape index (κ3) is 2.51. The van der Waals surface area contributed by atoms with E-state index < -0.39 is 15.8 Å². The first-order chi connectivity index (χ1) is 8.49. The lowest BCUT2D eigenvalue weighted by atomic mass is 10.3. The van der Waals surface area contributed by atoms with Crippen molar-refractivity contribution in [3.8, 4) is 0 Å². The average Bonchev–Trinajstić information content (AvgIpc) is 2.33. The van der Waals surface area contributed by atoms with E-state index in [1.165, 1.54) is 12.4 Å². The number of halogens is 1. The zero-order valence-corrected chi connectivity index (χ0v) is 9.72. The first-order valence-electron chi connectivity index (χ1n) is 4.70. The highest BCUT2D eigenvalue weighted by Gasteiger charge is 2.19. The number of rotatable bonds is 3. The molecule has 0 bridgehead atoms. The lowest BCUT2D eigenvalue weighted by molar-refractivity contribution is 0.595. The molecule has 1 aromatic carbocycles. The number of benzene rings is 1. The number of nitrogen functional groups attached to an aromatic ring is 1. The third-order valence-electron chi connectivity index (χ3n) is 1.97. The number of hydrogen-bond donors (Lipinski definition) is 2. The summed E-state index contributed by atoms with van der Waals surface area (Å²) < 4.78 is 38.9. The number of aromatic nitrogens is 3. The number of nitrogens with one attached hydrogen (secondary N) is 1. The molecule has 0 aliphatic rings. The van der Waals surface area contributed by atoms with Gasteiger partial charge in [-0.3, -0.25) is 0 Å². The number of nitrogens with zero attached hydrogens (tertiary/aromatic N) is 3. The van der Waals surface area contributed by atoms with E-state index in [1.807, 2.05) is 4.72 Å². The summed E-state index contributed by atoms with van der Waals surface area (Å²) in [5.41, 5.74) is 5.41. The maximum absolute atomic E-state index is 13.0. The van der Waals surface area contributed by atoms with Crippen molar-refractivity contribution in [3.63, 3.8) is 0 Å². The van der Waals surface area contributed by atoms with Gasteiger partial charge in [0.05, 0.1) is 18.1 Å². The molecule has 2 aromatic rings. The predicted octanol–water partition coefficient (Wildman–Crippen LogP) is 0.394. The summed E-state index contributed by atoms with van der Waals surface area (Å²) in [6.45, 7) is 0. The third-order valence-corrected chi connectivity index (χ3v) is 3.36. The first-order valence-corrected chi connectivity index (χ1v) is 6.19. The van der Waals surface area contributed by atoms with Crippen molar-refractivity contribution in [2.75, 3.05) is 10.5 Å². The molecule has 0 unspecified atom stereocenters. The summed E-state index contributed by atoms with van der Waals surface area (Å²) in [5.74, 6) is -0.933. The van der Waals surface area contributed by atoms with Crippen LogP contribution in [-0.2, 0) is 10.0 Å². The van der Waals surface area contributed by atoms with Crippen LogP contribution in [-0.4, -0.2) is 23.6 Å². The molecule has 0 amide bonds. The van der Waals surface area contributed by atoms with E-state index in [-0.39, 0.29) is 16.5 Å². The fraction of sp³-hybridized carbons (Fsp3) is 0. The first kappa shape index (κ1) is 12.2. The summed E-state index contributed by atoms with van der Waals surface area (Å²) in [5, 5.41) is 6.91. The van der Waals surface area contributed by atoms with Crippen molar-refractivity contribution >= 4 is 21.7 Å². The second-order valence-electron chi connectivity index (χ2n) is 3.25. The Morgan fingerprint density at radius 3 is 2.72 bits per heavy atom. The fourth-order valence-corrected chi connectivity index (χ4v) is 2.30. The van der Waals surface area contributed by atoms with Gasteiger partial charge < -0.3 is 5.73 Å². The Labute approximate surface area is 102 Å². The van der Waals surface area contributed by atoms with Crippen molar-refractivity contribution < 1.29 is 12.8 Å². The smallest absolute Gasteiger partial charge is 0.266 e. The molecular weight excluding hydrogens is 261 g/mol. The van der Waals surface area contributed by atoms with Gasteiger partial charge in [-0.2, -0.15) is 5.10 Å². The molecule has 0 fully saturated rings. The van der Waals surface area contributed by atoms with Gasteiger partial charge in [-0.1, -0.05) is 0 Å². The topological polar surface area (TPSA) is 111 Å². The SMILES string of the molecule is Nc1ccc(F)cc1S(=O)(=O)Nc1nccnn1. The summed E-state index contributed by atoms with van der Waals surface area (Å²) in [6.07, 6.45) is 2.55. The van der Waals surface area contributed by atoms with Crippen LogP contribution in [0.25, 0.3) is 0 Å². The Morgan fingerprint density at radius 2 is 2.06 bits per heavy atom. The van der Waals surface area contributed by atoms with Gasteiger partial charge in [0.25, 0.3) is 16.0 Å². The Bertz CT molecular complexity index is 662. The average molecular weight is 269 g/mol. The molecule has 1 aromatic heterocycles. The molecule has 0 radical (unpaired) electrons. The van der Waals surface area contributed by atoms with E-state index in [2.05, 4.69) is 15.2 Å². The van der Waals surface area contributed by atoms with Gasteiger partial charge in [-0.05, 0) is 18.2 Å². The molecule has 0 atom stereocenters. The zero-order chi connectivity index (χ0) is 13.2. The molecule has 0 saturated carbocycles. The molecule has 3 N–H and O–H groups in total. The number of nitrogens with two attached hydrogens (primary N) is 1. The largest absolute Gasteiger partial charge is 0.398 e. The van der Waals surface area contributed by atoms with Crippen LogP contribution >= 0.6 is 0 Å². The van der Waals surface area contributed by atoms with E-state index in [9.17, 15) is 12.8 Å². The minimum absolute atomic E-state index is 0.0761. The van der Waals surface area contributed by atoms with Gasteiger partial charge in [0.15, 0.2) is 0 Å². The van der Waals surface area contributed by atoms with Crippen LogP contribution in [0.1, 0.15) is 0 Å². The quantitative estimate of drug-likeness (QED) is 0.780. The van der Waals surface area contributed by atoms with Crippen LogP contribution < -0.4 is 10.5 Å². The van der Waals surface area contributed by atoms with Crippen molar-refractivity contribution in [3.05, 3.63) is 36.4 Å². The van der Waals surface area contributed by atoms with Gasteiger partial charge in [0.2, 0.25) is 0 Å². The molecule has 0 spiro atoms. The highest BCUT2D eigenvalue weighted by atomic mass is 32.2. The predicted molar refractivity (Wildman–Crippen MR) is 61.4 cm³/mol. The Hall–Kier alpha value is -2.29. The van der Waals surface area contributed by atoms with E-state index in [1.54, 1.807) is 0 Å². The fourth-order valence-electron chi connectivity index (χ4n) is 1.21. The van der Waals surface area contributed by atoms with Crippen molar-refractivity contribution in [1.82, 2.24) is 15.2 Å². The van der Waals surface area contributed by atoms with E-state index in [0.29, 0.717) is 0 Å². The zero-order valence-electron chi connectivity index (χ0n) is 8.91. The van der Waals surface area contributed by atoms with E-state index in [0.717, 1.165) is 18.2 Å². The molecule has 7 nitrogen and oxygen atoms in total. The molecule has 18 heavy (non-hydrogen) atoms. The molecule has 0 saturated heterocycles. The van der Waals surface area contributed by atoms with Crippen LogP contribution in [0.15, 0.2) is 35.5 Å². The monoisotopic (exact) mass is 269 g/mol. The van der Waals surface area contributed by atoms with Crippen molar-refractivity contribution in [2.45, 2.75) is 4.90 Å². The summed E-state index contributed by atoms with van der Waals surface area (Å²) in [6, 6.07) is 3.04.